The molecule has 0 aliphatic carbocycles. The van der Waals surface area contributed by atoms with Gasteiger partial charge >= 0.3 is 0 Å². The van der Waals surface area contributed by atoms with Crippen LogP contribution in [0.4, 0.5) is 0 Å². The molecule has 2 N–H and O–H groups in total. The molecule has 4 nitrogen and oxygen atoms in total. The molecule has 1 unspecified atom stereocenters. The number of aromatic amines is 1. The zero-order chi connectivity index (χ0) is 13.5. The molecule has 100 valence electrons. The van der Waals surface area contributed by atoms with Crippen LogP contribution in [-0.4, -0.2) is 16.8 Å². The highest BCUT2D eigenvalue weighted by atomic mass is 16.5. The summed E-state index contributed by atoms with van der Waals surface area (Å²) in [5.74, 6) is 0.867. The van der Waals surface area contributed by atoms with Crippen LogP contribution in [0.3, 0.4) is 0 Å². The van der Waals surface area contributed by atoms with Crippen molar-refractivity contribution < 1.29 is 4.74 Å². The Morgan fingerprint density at radius 3 is 2.84 bits per heavy atom. The van der Waals surface area contributed by atoms with E-state index in [4.69, 9.17) is 4.74 Å². The second-order valence-electron chi connectivity index (χ2n) is 4.38. The van der Waals surface area contributed by atoms with Gasteiger partial charge < -0.3 is 10.1 Å². The van der Waals surface area contributed by atoms with Crippen LogP contribution in [0.2, 0.25) is 0 Å². The number of rotatable bonds is 7. The summed E-state index contributed by atoms with van der Waals surface area (Å²) >= 11 is 0. The normalized spacial score (nSPS) is 12.1. The van der Waals surface area contributed by atoms with Gasteiger partial charge in [0, 0.05) is 24.3 Å². The molecule has 2 aromatic rings. The number of hydrogen-bond donors (Lipinski definition) is 2. The van der Waals surface area contributed by atoms with E-state index in [2.05, 4.69) is 41.1 Å². The Hall–Kier alpha value is -2.07. The summed E-state index contributed by atoms with van der Waals surface area (Å²) in [6.07, 6.45) is 5.48. The molecule has 2 rings (SSSR count). The molecule has 0 fully saturated rings. The Labute approximate surface area is 113 Å². The zero-order valence-electron chi connectivity index (χ0n) is 11.1. The van der Waals surface area contributed by atoms with Gasteiger partial charge in [-0.05, 0) is 24.6 Å². The minimum absolute atomic E-state index is 0.274. The molecule has 1 aromatic carbocycles. The molecule has 0 bridgehead atoms. The topological polar surface area (TPSA) is 49.9 Å². The second kappa shape index (κ2) is 6.75. The Balaban J connectivity index is 1.84. The first kappa shape index (κ1) is 13.4. The molecule has 0 saturated heterocycles. The number of H-pyrrole nitrogens is 1. The first-order valence-corrected chi connectivity index (χ1v) is 6.34. The van der Waals surface area contributed by atoms with E-state index in [0.717, 1.165) is 17.9 Å². The fourth-order valence-electron chi connectivity index (χ4n) is 1.75. The monoisotopic (exact) mass is 257 g/mol. The Kier molecular flexibility index (Phi) is 4.75. The van der Waals surface area contributed by atoms with Gasteiger partial charge in [-0.25, -0.2) is 0 Å². The summed E-state index contributed by atoms with van der Waals surface area (Å²) in [4.78, 5) is 0. The van der Waals surface area contributed by atoms with Gasteiger partial charge in [-0.3, -0.25) is 5.10 Å². The van der Waals surface area contributed by atoms with E-state index < -0.39 is 0 Å². The highest BCUT2D eigenvalue weighted by Gasteiger charge is 2.05. The molecule has 0 aliphatic heterocycles. The summed E-state index contributed by atoms with van der Waals surface area (Å²) in [6, 6.07) is 8.35. The van der Waals surface area contributed by atoms with Crippen LogP contribution in [0.25, 0.3) is 0 Å². The maximum absolute atomic E-state index is 5.44. The van der Waals surface area contributed by atoms with Gasteiger partial charge in [0.05, 0.1) is 6.20 Å². The molecule has 1 heterocycles. The van der Waals surface area contributed by atoms with Gasteiger partial charge in [0.15, 0.2) is 0 Å². The molecule has 0 radical (unpaired) electrons. The smallest absolute Gasteiger partial charge is 0.119 e. The largest absolute Gasteiger partial charge is 0.490 e. The van der Waals surface area contributed by atoms with Crippen molar-refractivity contribution in [1.29, 1.82) is 0 Å². The summed E-state index contributed by atoms with van der Waals surface area (Å²) < 4.78 is 5.44. The van der Waals surface area contributed by atoms with E-state index in [1.807, 2.05) is 24.5 Å². The molecule has 0 spiro atoms. The average Bonchev–Trinajstić information content (AvgIpc) is 2.98. The molecular weight excluding hydrogens is 238 g/mol. The van der Waals surface area contributed by atoms with Crippen molar-refractivity contribution in [3.05, 3.63) is 60.4 Å². The van der Waals surface area contributed by atoms with Crippen LogP contribution in [0.1, 0.15) is 24.1 Å². The lowest BCUT2D eigenvalue weighted by Gasteiger charge is -2.12. The molecule has 1 aromatic heterocycles. The van der Waals surface area contributed by atoms with Gasteiger partial charge in [-0.1, -0.05) is 24.8 Å². The van der Waals surface area contributed by atoms with Crippen molar-refractivity contribution in [1.82, 2.24) is 15.5 Å². The van der Waals surface area contributed by atoms with Crippen LogP contribution in [0.5, 0.6) is 5.75 Å². The molecule has 1 atom stereocenters. The lowest BCUT2D eigenvalue weighted by molar-refractivity contribution is 0.363. The fourth-order valence-corrected chi connectivity index (χ4v) is 1.75. The summed E-state index contributed by atoms with van der Waals surface area (Å²) in [6.45, 7) is 7.09. The molecule has 19 heavy (non-hydrogen) atoms. The number of nitrogens with one attached hydrogen (secondary N) is 2. The van der Waals surface area contributed by atoms with Gasteiger partial charge in [0.25, 0.3) is 0 Å². The zero-order valence-corrected chi connectivity index (χ0v) is 11.1. The second-order valence-corrected chi connectivity index (χ2v) is 4.38. The van der Waals surface area contributed by atoms with Gasteiger partial charge in [0.1, 0.15) is 12.4 Å². The minimum atomic E-state index is 0.274. The number of aromatic nitrogens is 2. The predicted molar refractivity (Wildman–Crippen MR) is 76.0 cm³/mol. The van der Waals surface area contributed by atoms with E-state index >= 15 is 0 Å². The Bertz CT molecular complexity index is 491. The van der Waals surface area contributed by atoms with Crippen LogP contribution < -0.4 is 10.1 Å². The van der Waals surface area contributed by atoms with Crippen molar-refractivity contribution >= 4 is 0 Å². The summed E-state index contributed by atoms with van der Waals surface area (Å²) in [5, 5.41) is 10.2. The van der Waals surface area contributed by atoms with E-state index in [1.165, 1.54) is 5.56 Å². The van der Waals surface area contributed by atoms with Gasteiger partial charge in [-0.2, -0.15) is 5.10 Å². The lowest BCUT2D eigenvalue weighted by atomic mass is 10.1. The number of hydrogen-bond acceptors (Lipinski definition) is 3. The standard InChI is InChI=1S/C15H19N3O/c1-3-8-19-15-6-4-13(5-7-15)9-16-12(2)14-10-17-18-11-14/h3-7,10-12,16H,1,8-9H2,2H3,(H,17,18). The van der Waals surface area contributed by atoms with Crippen molar-refractivity contribution in [2.75, 3.05) is 6.61 Å². The minimum Gasteiger partial charge on any atom is -0.490 e. The molecule has 4 heteroatoms. The van der Waals surface area contributed by atoms with Gasteiger partial charge in [0.2, 0.25) is 0 Å². The van der Waals surface area contributed by atoms with E-state index in [0.29, 0.717) is 6.61 Å². The third kappa shape index (κ3) is 3.96. The van der Waals surface area contributed by atoms with E-state index in [9.17, 15) is 0 Å². The summed E-state index contributed by atoms with van der Waals surface area (Å²) in [7, 11) is 0. The average molecular weight is 257 g/mol. The third-order valence-corrected chi connectivity index (χ3v) is 2.92. The van der Waals surface area contributed by atoms with E-state index in [-0.39, 0.29) is 6.04 Å². The number of benzene rings is 1. The molecule has 0 aliphatic rings. The summed E-state index contributed by atoms with van der Waals surface area (Å²) in [5.41, 5.74) is 2.38. The SMILES string of the molecule is C=CCOc1ccc(CNC(C)c2cn[nH]c2)cc1. The van der Waals surface area contributed by atoms with Crippen molar-refractivity contribution in [3.63, 3.8) is 0 Å². The maximum atomic E-state index is 5.44. The quantitative estimate of drug-likeness (QED) is 0.750. The van der Waals surface area contributed by atoms with Gasteiger partial charge in [-0.15, -0.1) is 0 Å². The number of ether oxygens (including phenoxy) is 1. The van der Waals surface area contributed by atoms with Crippen LogP contribution in [0, 0.1) is 0 Å². The van der Waals surface area contributed by atoms with Crippen molar-refractivity contribution in [2.24, 2.45) is 0 Å². The molecular formula is C15H19N3O. The predicted octanol–water partition coefficient (Wildman–Crippen LogP) is 2.83. The van der Waals surface area contributed by atoms with Crippen molar-refractivity contribution in [2.45, 2.75) is 19.5 Å². The lowest BCUT2D eigenvalue weighted by Crippen LogP contribution is -2.17. The first-order chi connectivity index (χ1) is 9.29. The molecule has 0 amide bonds. The highest BCUT2D eigenvalue weighted by Crippen LogP contribution is 2.14. The third-order valence-electron chi connectivity index (χ3n) is 2.92. The Morgan fingerprint density at radius 2 is 2.21 bits per heavy atom. The number of nitrogens with zero attached hydrogens (tertiary/aromatic N) is 1. The Morgan fingerprint density at radius 1 is 1.42 bits per heavy atom. The highest BCUT2D eigenvalue weighted by molar-refractivity contribution is 5.27. The maximum Gasteiger partial charge on any atom is 0.119 e. The fraction of sp³-hybridized carbons (Fsp3) is 0.267. The van der Waals surface area contributed by atoms with Crippen molar-refractivity contribution in [3.8, 4) is 5.75 Å². The molecule has 0 saturated carbocycles. The van der Waals surface area contributed by atoms with Crippen LogP contribution in [0.15, 0.2) is 49.3 Å². The van der Waals surface area contributed by atoms with Crippen LogP contribution >= 0.6 is 0 Å². The first-order valence-electron chi connectivity index (χ1n) is 6.34. The van der Waals surface area contributed by atoms with E-state index in [1.54, 1.807) is 6.08 Å². The van der Waals surface area contributed by atoms with Crippen LogP contribution in [-0.2, 0) is 6.54 Å².